The average molecular weight is 266 g/mol. The molecule has 0 saturated carbocycles. The molecule has 3 rings (SSSR count). The van der Waals surface area contributed by atoms with Gasteiger partial charge >= 0.3 is 0 Å². The van der Waals surface area contributed by atoms with Crippen molar-refractivity contribution >= 4 is 17.0 Å². The minimum absolute atomic E-state index is 0.507. The molecule has 0 amide bonds. The lowest BCUT2D eigenvalue weighted by Gasteiger charge is -2.07. The van der Waals surface area contributed by atoms with Crippen molar-refractivity contribution in [1.29, 1.82) is 0 Å². The summed E-state index contributed by atoms with van der Waals surface area (Å²) < 4.78 is 0. The molecule has 0 saturated heterocycles. The van der Waals surface area contributed by atoms with E-state index >= 15 is 0 Å². The Kier molecular flexibility index (Phi) is 3.45. The molecule has 2 aromatic heterocycles. The van der Waals surface area contributed by atoms with Crippen molar-refractivity contribution in [2.75, 3.05) is 5.32 Å². The average Bonchev–Trinajstić information content (AvgIpc) is 2.53. The van der Waals surface area contributed by atoms with Gasteiger partial charge in [0.1, 0.15) is 6.33 Å². The quantitative estimate of drug-likeness (QED) is 0.778. The van der Waals surface area contributed by atoms with Crippen LogP contribution in [-0.4, -0.2) is 25.1 Å². The van der Waals surface area contributed by atoms with Crippen molar-refractivity contribution in [3.05, 3.63) is 48.0 Å². The summed E-state index contributed by atoms with van der Waals surface area (Å²) in [7, 11) is 0. The first kappa shape index (κ1) is 12.4. The number of benzene rings is 1. The van der Waals surface area contributed by atoms with Crippen molar-refractivity contribution in [3.63, 3.8) is 0 Å². The minimum atomic E-state index is 0.507. The molecule has 0 unspecified atom stereocenters. The van der Waals surface area contributed by atoms with Crippen LogP contribution in [0.3, 0.4) is 0 Å². The highest BCUT2D eigenvalue weighted by molar-refractivity contribution is 5.81. The highest BCUT2D eigenvalue weighted by Gasteiger charge is 2.08. The number of hydrogen-bond donors (Lipinski definition) is 1. The smallest absolute Gasteiger partial charge is 0.205 e. The number of anilines is 1. The van der Waals surface area contributed by atoms with Gasteiger partial charge in [0.2, 0.25) is 5.65 Å². The second-order valence-corrected chi connectivity index (χ2v) is 4.32. The van der Waals surface area contributed by atoms with Gasteiger partial charge in [-0.15, -0.1) is 10.2 Å². The van der Waals surface area contributed by atoms with Gasteiger partial charge in [0.25, 0.3) is 0 Å². The van der Waals surface area contributed by atoms with Gasteiger partial charge in [-0.25, -0.2) is 15.0 Å². The molecule has 100 valence electrons. The number of rotatable bonds is 4. The number of fused-ring (bicyclic) bond motifs is 1. The summed E-state index contributed by atoms with van der Waals surface area (Å²) in [4.78, 5) is 12.8. The van der Waals surface area contributed by atoms with E-state index in [2.05, 4.69) is 42.6 Å². The fourth-order valence-electron chi connectivity index (χ4n) is 1.86. The van der Waals surface area contributed by atoms with Crippen molar-refractivity contribution in [2.24, 2.45) is 0 Å². The predicted molar refractivity (Wildman–Crippen MR) is 76.1 cm³/mol. The zero-order chi connectivity index (χ0) is 13.8. The van der Waals surface area contributed by atoms with E-state index in [9.17, 15) is 0 Å². The lowest BCUT2D eigenvalue weighted by atomic mass is 10.2. The Balaban J connectivity index is 1.90. The van der Waals surface area contributed by atoms with Crippen LogP contribution in [0.1, 0.15) is 18.3 Å². The van der Waals surface area contributed by atoms with Gasteiger partial charge in [0.15, 0.2) is 17.2 Å². The van der Waals surface area contributed by atoms with Crippen molar-refractivity contribution in [2.45, 2.75) is 19.9 Å². The van der Waals surface area contributed by atoms with Crippen LogP contribution >= 0.6 is 0 Å². The van der Waals surface area contributed by atoms with Gasteiger partial charge in [-0.1, -0.05) is 37.3 Å². The van der Waals surface area contributed by atoms with Gasteiger partial charge in [-0.2, -0.15) is 0 Å². The molecule has 1 aromatic carbocycles. The van der Waals surface area contributed by atoms with Crippen LogP contribution in [0.2, 0.25) is 0 Å². The first-order valence-electron chi connectivity index (χ1n) is 6.49. The molecule has 2 heterocycles. The molecule has 0 radical (unpaired) electrons. The van der Waals surface area contributed by atoms with Crippen LogP contribution in [-0.2, 0) is 13.0 Å². The maximum atomic E-state index is 4.44. The fourth-order valence-corrected chi connectivity index (χ4v) is 1.86. The Hall–Kier alpha value is -2.63. The lowest BCUT2D eigenvalue weighted by molar-refractivity contribution is 0.868. The van der Waals surface area contributed by atoms with Crippen LogP contribution < -0.4 is 5.32 Å². The molecule has 1 N–H and O–H groups in total. The topological polar surface area (TPSA) is 76.5 Å². The van der Waals surface area contributed by atoms with Crippen molar-refractivity contribution in [1.82, 2.24) is 25.1 Å². The minimum Gasteiger partial charge on any atom is -0.364 e. The van der Waals surface area contributed by atoms with Crippen LogP contribution in [0.5, 0.6) is 0 Å². The second-order valence-electron chi connectivity index (χ2n) is 4.32. The maximum Gasteiger partial charge on any atom is 0.205 e. The molecule has 0 bridgehead atoms. The molecule has 0 atom stereocenters. The Labute approximate surface area is 116 Å². The Morgan fingerprint density at radius 3 is 2.70 bits per heavy atom. The van der Waals surface area contributed by atoms with Crippen molar-refractivity contribution < 1.29 is 0 Å². The molecule has 0 fully saturated rings. The number of hydrogen-bond acceptors (Lipinski definition) is 6. The fraction of sp³-hybridized carbons (Fsp3) is 0.214. The third kappa shape index (κ3) is 2.54. The Morgan fingerprint density at radius 1 is 1.05 bits per heavy atom. The van der Waals surface area contributed by atoms with Gasteiger partial charge in [0, 0.05) is 13.0 Å². The zero-order valence-corrected chi connectivity index (χ0v) is 11.1. The summed E-state index contributed by atoms with van der Waals surface area (Å²) in [5.74, 6) is 1.37. The summed E-state index contributed by atoms with van der Waals surface area (Å²) in [6.45, 7) is 2.67. The molecule has 0 aliphatic carbocycles. The SMILES string of the molecule is CCc1nnc2ncnc(NCc3ccccc3)c2n1. The van der Waals surface area contributed by atoms with Crippen LogP contribution in [0.4, 0.5) is 5.82 Å². The Morgan fingerprint density at radius 2 is 1.90 bits per heavy atom. The number of nitrogens with one attached hydrogen (secondary N) is 1. The molecular weight excluding hydrogens is 252 g/mol. The van der Waals surface area contributed by atoms with E-state index < -0.39 is 0 Å². The van der Waals surface area contributed by atoms with Crippen LogP contribution in [0.15, 0.2) is 36.7 Å². The number of nitrogens with zero attached hydrogens (tertiary/aromatic N) is 5. The van der Waals surface area contributed by atoms with E-state index in [1.807, 2.05) is 25.1 Å². The number of aryl methyl sites for hydroxylation is 1. The van der Waals surface area contributed by atoms with Gasteiger partial charge in [-0.3, -0.25) is 0 Å². The molecule has 3 aromatic rings. The molecule has 6 heteroatoms. The Bertz CT molecular complexity index is 713. The summed E-state index contributed by atoms with van der Waals surface area (Å²) in [5, 5.41) is 11.3. The van der Waals surface area contributed by atoms with Gasteiger partial charge in [0.05, 0.1) is 0 Å². The van der Waals surface area contributed by atoms with Gasteiger partial charge in [-0.05, 0) is 5.56 Å². The summed E-state index contributed by atoms with van der Waals surface area (Å²) in [6.07, 6.45) is 2.20. The number of aromatic nitrogens is 5. The van der Waals surface area contributed by atoms with Gasteiger partial charge < -0.3 is 5.32 Å². The molecular formula is C14H14N6. The summed E-state index contributed by atoms with van der Waals surface area (Å²) >= 11 is 0. The van der Waals surface area contributed by atoms with Crippen LogP contribution in [0, 0.1) is 0 Å². The second kappa shape index (κ2) is 5.56. The highest BCUT2D eigenvalue weighted by Crippen LogP contribution is 2.15. The van der Waals surface area contributed by atoms with E-state index in [-0.39, 0.29) is 0 Å². The third-order valence-corrected chi connectivity index (χ3v) is 2.92. The molecule has 6 nitrogen and oxygen atoms in total. The summed E-state index contributed by atoms with van der Waals surface area (Å²) in [6, 6.07) is 10.1. The van der Waals surface area contributed by atoms with E-state index in [4.69, 9.17) is 0 Å². The standard InChI is InChI=1S/C14H14N6/c1-2-11-18-12-13(16-9-17-14(12)20-19-11)15-8-10-6-4-3-5-7-10/h3-7,9H,2,8H2,1H3,(H,15,16,17,20). The van der Waals surface area contributed by atoms with E-state index in [1.165, 1.54) is 11.9 Å². The monoisotopic (exact) mass is 266 g/mol. The summed E-state index contributed by atoms with van der Waals surface area (Å²) in [5.41, 5.74) is 2.35. The van der Waals surface area contributed by atoms with E-state index in [1.54, 1.807) is 0 Å². The first-order valence-corrected chi connectivity index (χ1v) is 6.49. The van der Waals surface area contributed by atoms with Crippen molar-refractivity contribution in [3.8, 4) is 0 Å². The lowest BCUT2D eigenvalue weighted by Crippen LogP contribution is -2.06. The molecule has 20 heavy (non-hydrogen) atoms. The molecule has 0 aliphatic heterocycles. The van der Waals surface area contributed by atoms with E-state index in [0.717, 1.165) is 6.42 Å². The van der Waals surface area contributed by atoms with Crippen LogP contribution in [0.25, 0.3) is 11.2 Å². The molecule has 0 aliphatic rings. The molecule has 0 spiro atoms. The normalized spacial score (nSPS) is 10.7. The first-order chi connectivity index (χ1) is 9.86. The zero-order valence-electron chi connectivity index (χ0n) is 11.1. The predicted octanol–water partition coefficient (Wildman–Crippen LogP) is 1.99. The third-order valence-electron chi connectivity index (χ3n) is 2.92. The van der Waals surface area contributed by atoms with E-state index in [0.29, 0.717) is 29.4 Å². The highest BCUT2D eigenvalue weighted by atomic mass is 15.2. The maximum absolute atomic E-state index is 4.44. The largest absolute Gasteiger partial charge is 0.364 e.